The van der Waals surface area contributed by atoms with Crippen molar-refractivity contribution in [1.29, 1.82) is 0 Å². The number of pyridine rings is 1. The second-order valence-corrected chi connectivity index (χ2v) is 5.19. The van der Waals surface area contributed by atoms with Crippen LogP contribution in [-0.4, -0.2) is 34.5 Å². The van der Waals surface area contributed by atoms with E-state index in [0.717, 1.165) is 29.3 Å². The van der Waals surface area contributed by atoms with Crippen LogP contribution in [0.1, 0.15) is 20.7 Å². The van der Waals surface area contributed by atoms with E-state index >= 15 is 0 Å². The van der Waals surface area contributed by atoms with Crippen molar-refractivity contribution < 1.29 is 32.4 Å². The van der Waals surface area contributed by atoms with Gasteiger partial charge in [-0.1, -0.05) is 0 Å². The first-order valence-electron chi connectivity index (χ1n) is 7.00. The zero-order chi connectivity index (χ0) is 19.1. The molecule has 26 heavy (non-hydrogen) atoms. The highest BCUT2D eigenvalue weighted by Crippen LogP contribution is 2.31. The number of halogens is 3. The van der Waals surface area contributed by atoms with Crippen LogP contribution in [0.4, 0.5) is 24.5 Å². The van der Waals surface area contributed by atoms with Crippen LogP contribution in [0.3, 0.4) is 0 Å². The summed E-state index contributed by atoms with van der Waals surface area (Å²) in [6.07, 6.45) is -3.53. The molecule has 1 aliphatic rings. The molecule has 8 nitrogen and oxygen atoms in total. The average Bonchev–Trinajstić information content (AvgIpc) is 2.83. The zero-order valence-electron chi connectivity index (χ0n) is 12.7. The fourth-order valence-corrected chi connectivity index (χ4v) is 2.32. The number of rotatable bonds is 4. The summed E-state index contributed by atoms with van der Waals surface area (Å²) in [5, 5.41) is 10.8. The third-order valence-corrected chi connectivity index (χ3v) is 3.44. The van der Waals surface area contributed by atoms with Gasteiger partial charge in [-0.05, 0) is 12.1 Å². The Balaban J connectivity index is 1.85. The number of alkyl halides is 3. The Hall–Kier alpha value is -3.50. The number of non-ortho nitro benzene ring substituents is 1. The van der Waals surface area contributed by atoms with Crippen LogP contribution in [0.2, 0.25) is 0 Å². The molecule has 0 spiro atoms. The predicted molar refractivity (Wildman–Crippen MR) is 80.0 cm³/mol. The molecule has 0 saturated heterocycles. The first-order chi connectivity index (χ1) is 12.2. The van der Waals surface area contributed by atoms with E-state index in [1.54, 1.807) is 0 Å². The number of nitro benzene ring substituents is 1. The highest BCUT2D eigenvalue weighted by atomic mass is 19.4. The van der Waals surface area contributed by atoms with Gasteiger partial charge in [0.2, 0.25) is 5.88 Å². The van der Waals surface area contributed by atoms with E-state index in [0.29, 0.717) is 0 Å². The third-order valence-electron chi connectivity index (χ3n) is 3.44. The van der Waals surface area contributed by atoms with Crippen LogP contribution in [0.15, 0.2) is 36.5 Å². The third kappa shape index (κ3) is 3.18. The first kappa shape index (κ1) is 17.3. The van der Waals surface area contributed by atoms with E-state index in [2.05, 4.69) is 9.72 Å². The normalized spacial score (nSPS) is 13.7. The number of anilines is 1. The standard InChI is InChI=1S/C15H8F3N3O5/c16-15(17,18)7-26-12-4-2-9(6-19-12)20-13(22)10-3-1-8(21(24)25)5-11(10)14(20)23/h1-6H,7H2. The van der Waals surface area contributed by atoms with Gasteiger partial charge in [0.05, 0.1) is 27.9 Å². The van der Waals surface area contributed by atoms with Crippen molar-refractivity contribution in [2.75, 3.05) is 11.5 Å². The summed E-state index contributed by atoms with van der Waals surface area (Å²) < 4.78 is 40.8. The topological polar surface area (TPSA) is 103 Å². The predicted octanol–water partition coefficient (Wildman–Crippen LogP) is 2.73. The molecule has 1 aliphatic heterocycles. The quantitative estimate of drug-likeness (QED) is 0.468. The highest BCUT2D eigenvalue weighted by Gasteiger charge is 2.38. The summed E-state index contributed by atoms with van der Waals surface area (Å²) in [5.41, 5.74) is -0.501. The number of ether oxygens (including phenoxy) is 1. The molecule has 2 amide bonds. The Morgan fingerprint density at radius 1 is 1.12 bits per heavy atom. The largest absolute Gasteiger partial charge is 0.468 e. The Kier molecular flexibility index (Phi) is 4.06. The van der Waals surface area contributed by atoms with Gasteiger partial charge in [0.25, 0.3) is 17.5 Å². The molecule has 1 aromatic carbocycles. The summed E-state index contributed by atoms with van der Waals surface area (Å²) in [6.45, 7) is -1.53. The van der Waals surface area contributed by atoms with Crippen LogP contribution in [0.25, 0.3) is 0 Å². The second kappa shape index (κ2) is 6.10. The van der Waals surface area contributed by atoms with Crippen LogP contribution in [-0.2, 0) is 0 Å². The van der Waals surface area contributed by atoms with Crippen molar-refractivity contribution in [3.63, 3.8) is 0 Å². The lowest BCUT2D eigenvalue weighted by atomic mass is 10.1. The minimum Gasteiger partial charge on any atom is -0.468 e. The Morgan fingerprint density at radius 2 is 1.81 bits per heavy atom. The number of nitro groups is 1. The molecule has 0 radical (unpaired) electrons. The van der Waals surface area contributed by atoms with Gasteiger partial charge in [-0.15, -0.1) is 0 Å². The number of aromatic nitrogens is 1. The Labute approximate surface area is 143 Å². The van der Waals surface area contributed by atoms with Gasteiger partial charge in [0, 0.05) is 18.2 Å². The molecule has 0 N–H and O–H groups in total. The lowest BCUT2D eigenvalue weighted by Crippen LogP contribution is -2.29. The molecule has 134 valence electrons. The highest BCUT2D eigenvalue weighted by molar-refractivity contribution is 6.34. The number of nitrogens with zero attached hydrogens (tertiary/aromatic N) is 3. The molecule has 0 bridgehead atoms. The van der Waals surface area contributed by atoms with Crippen molar-refractivity contribution in [3.8, 4) is 5.88 Å². The lowest BCUT2D eigenvalue weighted by molar-refractivity contribution is -0.384. The average molecular weight is 367 g/mol. The van der Waals surface area contributed by atoms with Crippen LogP contribution in [0, 0.1) is 10.1 Å². The van der Waals surface area contributed by atoms with E-state index in [-0.39, 0.29) is 28.4 Å². The number of imide groups is 1. The molecule has 0 unspecified atom stereocenters. The molecule has 0 fully saturated rings. The maximum Gasteiger partial charge on any atom is 0.422 e. The van der Waals surface area contributed by atoms with Gasteiger partial charge in [0.15, 0.2) is 6.61 Å². The van der Waals surface area contributed by atoms with Crippen molar-refractivity contribution in [3.05, 3.63) is 57.8 Å². The molecule has 0 aliphatic carbocycles. The molecule has 2 heterocycles. The lowest BCUT2D eigenvalue weighted by Gasteiger charge is -2.14. The van der Waals surface area contributed by atoms with E-state index in [9.17, 15) is 32.9 Å². The molecule has 2 aromatic rings. The summed E-state index contributed by atoms with van der Waals surface area (Å²) in [4.78, 5) is 39.2. The minimum absolute atomic E-state index is 0.00166. The van der Waals surface area contributed by atoms with Gasteiger partial charge in [-0.2, -0.15) is 13.2 Å². The number of carbonyl (C=O) groups is 2. The van der Waals surface area contributed by atoms with Crippen LogP contribution < -0.4 is 9.64 Å². The Morgan fingerprint density at radius 3 is 2.38 bits per heavy atom. The van der Waals surface area contributed by atoms with Gasteiger partial charge < -0.3 is 4.74 Å². The SMILES string of the molecule is O=C1c2ccc([N+](=O)[O-])cc2C(=O)N1c1ccc(OCC(F)(F)F)nc1. The van der Waals surface area contributed by atoms with Crippen molar-refractivity contribution in [2.24, 2.45) is 0 Å². The van der Waals surface area contributed by atoms with Crippen LogP contribution in [0.5, 0.6) is 5.88 Å². The Bertz CT molecular complexity index is 912. The monoisotopic (exact) mass is 367 g/mol. The number of carbonyl (C=O) groups excluding carboxylic acids is 2. The van der Waals surface area contributed by atoms with E-state index < -0.39 is 29.5 Å². The van der Waals surface area contributed by atoms with Gasteiger partial charge in [0.1, 0.15) is 0 Å². The maximum absolute atomic E-state index is 12.4. The number of amides is 2. The molecular weight excluding hydrogens is 359 g/mol. The van der Waals surface area contributed by atoms with E-state index in [1.807, 2.05) is 0 Å². The number of hydrogen-bond donors (Lipinski definition) is 0. The molecule has 11 heteroatoms. The van der Waals surface area contributed by atoms with Crippen LogP contribution >= 0.6 is 0 Å². The maximum atomic E-state index is 12.4. The van der Waals surface area contributed by atoms with Crippen molar-refractivity contribution in [2.45, 2.75) is 6.18 Å². The molecular formula is C15H8F3N3O5. The van der Waals surface area contributed by atoms with Crippen molar-refractivity contribution in [1.82, 2.24) is 4.98 Å². The van der Waals surface area contributed by atoms with E-state index in [1.165, 1.54) is 12.1 Å². The van der Waals surface area contributed by atoms with Crippen molar-refractivity contribution >= 4 is 23.2 Å². The minimum atomic E-state index is -4.53. The summed E-state index contributed by atoms with van der Waals surface area (Å²) in [6, 6.07) is 5.52. The fourth-order valence-electron chi connectivity index (χ4n) is 2.32. The van der Waals surface area contributed by atoms with Gasteiger partial charge >= 0.3 is 6.18 Å². The fraction of sp³-hybridized carbons (Fsp3) is 0.133. The molecule has 0 atom stereocenters. The number of fused-ring (bicyclic) bond motifs is 1. The first-order valence-corrected chi connectivity index (χ1v) is 7.00. The molecule has 0 saturated carbocycles. The number of hydrogen-bond acceptors (Lipinski definition) is 6. The van der Waals surface area contributed by atoms with Gasteiger partial charge in [-0.25, -0.2) is 9.88 Å². The van der Waals surface area contributed by atoms with Gasteiger partial charge in [-0.3, -0.25) is 19.7 Å². The smallest absolute Gasteiger partial charge is 0.422 e. The summed E-state index contributed by atoms with van der Waals surface area (Å²) in [5.74, 6) is -1.84. The second-order valence-electron chi connectivity index (χ2n) is 5.19. The zero-order valence-corrected chi connectivity index (χ0v) is 12.7. The van der Waals surface area contributed by atoms with E-state index in [4.69, 9.17) is 0 Å². The molecule has 3 rings (SSSR count). The number of benzene rings is 1. The summed E-state index contributed by atoms with van der Waals surface area (Å²) in [7, 11) is 0. The molecule has 1 aromatic heterocycles. The summed E-state index contributed by atoms with van der Waals surface area (Å²) >= 11 is 0.